The molecule has 1 saturated heterocycles. The largest absolute Gasteiger partial charge is 0.399 e. The van der Waals surface area contributed by atoms with E-state index in [1.54, 1.807) is 25.1 Å². The maximum Gasteiger partial charge on any atom is 0.229 e. The van der Waals surface area contributed by atoms with Crippen LogP contribution < -0.4 is 21.3 Å². The molecule has 1 aliphatic rings. The first-order valence-corrected chi connectivity index (χ1v) is 10.3. The molecule has 0 spiro atoms. The number of amides is 1. The molecule has 2 aromatic carbocycles. The monoisotopic (exact) mass is 415 g/mol. The van der Waals surface area contributed by atoms with Gasteiger partial charge in [-0.05, 0) is 49.6 Å². The number of aryl methyl sites for hydroxylation is 1. The van der Waals surface area contributed by atoms with Gasteiger partial charge in [0, 0.05) is 42.8 Å². The number of aromatic nitrogens is 2. The van der Waals surface area contributed by atoms with E-state index in [9.17, 15) is 10.1 Å². The smallest absolute Gasteiger partial charge is 0.229 e. The Morgan fingerprint density at radius 1 is 1.29 bits per heavy atom. The number of piperidine rings is 1. The molecule has 0 saturated carbocycles. The highest BCUT2D eigenvalue weighted by Crippen LogP contribution is 2.31. The van der Waals surface area contributed by atoms with E-state index in [0.717, 1.165) is 41.7 Å². The maximum absolute atomic E-state index is 11.6. The van der Waals surface area contributed by atoms with Gasteiger partial charge in [-0.1, -0.05) is 12.1 Å². The lowest BCUT2D eigenvalue weighted by Gasteiger charge is -2.34. The van der Waals surface area contributed by atoms with E-state index in [1.165, 1.54) is 0 Å². The summed E-state index contributed by atoms with van der Waals surface area (Å²) in [4.78, 5) is 23.3. The number of nitriles is 1. The summed E-state index contributed by atoms with van der Waals surface area (Å²) in [5.74, 6) is 1.25. The normalized spacial score (nSPS) is 16.0. The molecule has 4 rings (SSSR count). The lowest BCUT2D eigenvalue weighted by molar-refractivity contribution is -0.119. The number of hydrogen-bond donors (Lipinski definition) is 3. The minimum atomic E-state index is -0.0205. The predicted octanol–water partition coefficient (Wildman–Crippen LogP) is 3.24. The van der Waals surface area contributed by atoms with Crippen molar-refractivity contribution in [3.05, 3.63) is 47.5 Å². The van der Waals surface area contributed by atoms with Gasteiger partial charge in [0.2, 0.25) is 11.9 Å². The van der Waals surface area contributed by atoms with Crippen LogP contribution in [0.3, 0.4) is 0 Å². The standard InChI is InChI=1S/C23H25N7O/c1-14-5-3-7-20-21(14)22(30-8-4-6-18(13-30)26-15(2)31)29-23(28-20)27-19-10-16(12-24)9-17(25)11-19/h3,5,7,9-11,18H,4,6,8,13,25H2,1-2H3,(H,26,31)(H,27,28,29)/t18-/m1/s1. The average Bonchev–Trinajstić information content (AvgIpc) is 2.72. The Bertz CT molecular complexity index is 1180. The van der Waals surface area contributed by atoms with E-state index in [4.69, 9.17) is 15.7 Å². The fraction of sp³-hybridized carbons (Fsp3) is 0.304. The zero-order valence-corrected chi connectivity index (χ0v) is 17.6. The number of anilines is 4. The Morgan fingerprint density at radius 2 is 2.13 bits per heavy atom. The number of nitrogens with two attached hydrogens (primary N) is 1. The first-order valence-electron chi connectivity index (χ1n) is 10.3. The van der Waals surface area contributed by atoms with E-state index in [1.807, 2.05) is 12.1 Å². The number of rotatable bonds is 4. The summed E-state index contributed by atoms with van der Waals surface area (Å²) < 4.78 is 0. The molecule has 1 atom stereocenters. The Labute approximate surface area is 181 Å². The van der Waals surface area contributed by atoms with Crippen LogP contribution in [0, 0.1) is 18.3 Å². The van der Waals surface area contributed by atoms with Crippen molar-refractivity contribution in [3.8, 4) is 6.07 Å². The molecule has 158 valence electrons. The fourth-order valence-corrected chi connectivity index (χ4v) is 4.11. The van der Waals surface area contributed by atoms with Crippen molar-refractivity contribution in [2.45, 2.75) is 32.7 Å². The van der Waals surface area contributed by atoms with Gasteiger partial charge in [0.05, 0.1) is 17.1 Å². The third kappa shape index (κ3) is 4.51. The molecule has 3 aromatic rings. The van der Waals surface area contributed by atoms with Gasteiger partial charge >= 0.3 is 0 Å². The number of benzene rings is 2. The summed E-state index contributed by atoms with van der Waals surface area (Å²) in [6.07, 6.45) is 1.91. The van der Waals surface area contributed by atoms with Crippen molar-refractivity contribution >= 4 is 40.0 Å². The number of carbonyl (C=O) groups excluding carboxylic acids is 1. The van der Waals surface area contributed by atoms with Crippen molar-refractivity contribution < 1.29 is 4.79 Å². The number of nitrogen functional groups attached to an aromatic ring is 1. The Hall–Kier alpha value is -3.86. The highest BCUT2D eigenvalue weighted by atomic mass is 16.1. The first kappa shape index (κ1) is 20.4. The second-order valence-corrected chi connectivity index (χ2v) is 7.91. The van der Waals surface area contributed by atoms with Gasteiger partial charge in [0.1, 0.15) is 5.82 Å². The molecule has 0 bridgehead atoms. The van der Waals surface area contributed by atoms with Gasteiger partial charge in [-0.3, -0.25) is 4.79 Å². The van der Waals surface area contributed by atoms with Crippen LogP contribution in [0.2, 0.25) is 0 Å². The maximum atomic E-state index is 11.6. The minimum absolute atomic E-state index is 0.0205. The zero-order valence-electron chi connectivity index (χ0n) is 17.6. The molecule has 2 heterocycles. The summed E-state index contributed by atoms with van der Waals surface area (Å²) in [5.41, 5.74) is 9.47. The molecule has 1 fully saturated rings. The predicted molar refractivity (Wildman–Crippen MR) is 122 cm³/mol. The second kappa shape index (κ2) is 8.48. The third-order valence-corrected chi connectivity index (χ3v) is 5.38. The molecule has 8 nitrogen and oxygen atoms in total. The number of hydrogen-bond acceptors (Lipinski definition) is 7. The molecule has 0 aliphatic carbocycles. The zero-order chi connectivity index (χ0) is 22.0. The van der Waals surface area contributed by atoms with Gasteiger partial charge in [0.25, 0.3) is 0 Å². The van der Waals surface area contributed by atoms with E-state index >= 15 is 0 Å². The number of carbonyl (C=O) groups is 1. The molecule has 4 N–H and O–H groups in total. The molecule has 1 amide bonds. The second-order valence-electron chi connectivity index (χ2n) is 7.91. The number of nitrogens with zero attached hydrogens (tertiary/aromatic N) is 4. The molecule has 0 unspecified atom stereocenters. The van der Waals surface area contributed by atoms with E-state index in [-0.39, 0.29) is 11.9 Å². The Kier molecular flexibility index (Phi) is 5.58. The van der Waals surface area contributed by atoms with Crippen LogP contribution in [0.5, 0.6) is 0 Å². The van der Waals surface area contributed by atoms with Crippen molar-refractivity contribution in [3.63, 3.8) is 0 Å². The molecular formula is C23H25N7O. The van der Waals surface area contributed by atoms with Crippen LogP contribution in [0.4, 0.5) is 23.1 Å². The Balaban J connectivity index is 1.75. The average molecular weight is 416 g/mol. The summed E-state index contributed by atoms with van der Waals surface area (Å²) >= 11 is 0. The first-order chi connectivity index (χ1) is 14.9. The van der Waals surface area contributed by atoms with Crippen molar-refractivity contribution in [2.75, 3.05) is 29.0 Å². The quantitative estimate of drug-likeness (QED) is 0.560. The van der Waals surface area contributed by atoms with Crippen LogP contribution in [-0.4, -0.2) is 35.0 Å². The van der Waals surface area contributed by atoms with E-state index in [2.05, 4.69) is 34.6 Å². The van der Waals surface area contributed by atoms with Crippen LogP contribution in [0.15, 0.2) is 36.4 Å². The minimum Gasteiger partial charge on any atom is -0.399 e. The van der Waals surface area contributed by atoms with Gasteiger partial charge in [0.15, 0.2) is 0 Å². The number of nitrogens with one attached hydrogen (secondary N) is 2. The van der Waals surface area contributed by atoms with Gasteiger partial charge in [-0.25, -0.2) is 4.98 Å². The molecule has 1 aliphatic heterocycles. The molecule has 8 heteroatoms. The van der Waals surface area contributed by atoms with Gasteiger partial charge < -0.3 is 21.3 Å². The highest BCUT2D eigenvalue weighted by Gasteiger charge is 2.24. The highest BCUT2D eigenvalue weighted by molar-refractivity contribution is 5.93. The number of fused-ring (bicyclic) bond motifs is 1. The van der Waals surface area contributed by atoms with Gasteiger partial charge in [-0.15, -0.1) is 0 Å². The van der Waals surface area contributed by atoms with Crippen LogP contribution >= 0.6 is 0 Å². The summed E-state index contributed by atoms with van der Waals surface area (Å²) in [6, 6.07) is 13.3. The van der Waals surface area contributed by atoms with E-state index < -0.39 is 0 Å². The lowest BCUT2D eigenvalue weighted by Crippen LogP contribution is -2.47. The summed E-state index contributed by atoms with van der Waals surface area (Å²) in [6.45, 7) is 5.14. The van der Waals surface area contributed by atoms with Crippen molar-refractivity contribution in [2.24, 2.45) is 0 Å². The van der Waals surface area contributed by atoms with Crippen molar-refractivity contribution in [1.82, 2.24) is 15.3 Å². The summed E-state index contributed by atoms with van der Waals surface area (Å²) in [7, 11) is 0. The van der Waals surface area contributed by atoms with Crippen LogP contribution in [-0.2, 0) is 4.79 Å². The van der Waals surface area contributed by atoms with Crippen LogP contribution in [0.1, 0.15) is 30.9 Å². The van der Waals surface area contributed by atoms with E-state index in [0.29, 0.717) is 29.4 Å². The van der Waals surface area contributed by atoms with Gasteiger partial charge in [-0.2, -0.15) is 10.2 Å². The van der Waals surface area contributed by atoms with Crippen LogP contribution in [0.25, 0.3) is 10.9 Å². The topological polar surface area (TPSA) is 120 Å². The molecular weight excluding hydrogens is 390 g/mol. The lowest BCUT2D eigenvalue weighted by atomic mass is 10.0. The Morgan fingerprint density at radius 3 is 2.90 bits per heavy atom. The third-order valence-electron chi connectivity index (χ3n) is 5.38. The van der Waals surface area contributed by atoms with Crippen molar-refractivity contribution in [1.29, 1.82) is 5.26 Å². The summed E-state index contributed by atoms with van der Waals surface area (Å²) in [5, 5.41) is 16.5. The molecule has 1 aromatic heterocycles. The molecule has 31 heavy (non-hydrogen) atoms. The fourth-order valence-electron chi connectivity index (χ4n) is 4.11. The molecule has 0 radical (unpaired) electrons. The SMILES string of the molecule is CC(=O)N[C@@H]1CCCN(c2nc(Nc3cc(N)cc(C#N)c3)nc3cccc(C)c23)C1.